The summed E-state index contributed by atoms with van der Waals surface area (Å²) < 4.78 is 2.00. The third kappa shape index (κ3) is 1.82. The van der Waals surface area contributed by atoms with Crippen molar-refractivity contribution in [2.75, 3.05) is 19.6 Å². The number of likely N-dealkylation sites (tertiary alicyclic amines) is 1. The third-order valence-corrected chi connectivity index (χ3v) is 3.90. The number of hydrogen-bond donors (Lipinski definition) is 1. The van der Waals surface area contributed by atoms with Crippen molar-refractivity contribution < 1.29 is 4.79 Å². The molecule has 1 aromatic rings. The molecule has 0 atom stereocenters. The first-order chi connectivity index (χ1) is 8.81. The van der Waals surface area contributed by atoms with Crippen LogP contribution in [0, 0.1) is 0 Å². The minimum absolute atomic E-state index is 0.125. The molecule has 5 heteroatoms. The summed E-state index contributed by atoms with van der Waals surface area (Å²) in [7, 11) is 0. The number of nitrogens with one attached hydrogen (secondary N) is 1. The van der Waals surface area contributed by atoms with Gasteiger partial charge in [-0.2, -0.15) is 5.10 Å². The summed E-state index contributed by atoms with van der Waals surface area (Å²) in [5.74, 6) is 0.125. The summed E-state index contributed by atoms with van der Waals surface area (Å²) in [6, 6.07) is 0. The van der Waals surface area contributed by atoms with Gasteiger partial charge in [0, 0.05) is 50.4 Å². The van der Waals surface area contributed by atoms with Gasteiger partial charge in [-0.15, -0.1) is 0 Å². The summed E-state index contributed by atoms with van der Waals surface area (Å²) in [6.07, 6.45) is 3.23. The van der Waals surface area contributed by atoms with Gasteiger partial charge in [0.2, 0.25) is 0 Å². The fourth-order valence-corrected chi connectivity index (χ4v) is 2.92. The SMILES string of the molecule is CCn1nc(C(=O)N2CCCC2)c2c1CCNC2. The standard InChI is InChI=1S/C13H20N4O/c1-2-17-11-5-6-14-9-10(11)12(15-17)13(18)16-7-3-4-8-16/h14H,2-9H2,1H3. The molecule has 0 aliphatic carbocycles. The first kappa shape index (κ1) is 11.7. The Morgan fingerprint density at radius 1 is 1.39 bits per heavy atom. The van der Waals surface area contributed by atoms with E-state index in [1.165, 1.54) is 5.69 Å². The van der Waals surface area contributed by atoms with Gasteiger partial charge in [-0.1, -0.05) is 0 Å². The predicted molar refractivity (Wildman–Crippen MR) is 68.4 cm³/mol. The number of hydrogen-bond acceptors (Lipinski definition) is 3. The number of fused-ring (bicyclic) bond motifs is 1. The van der Waals surface area contributed by atoms with Gasteiger partial charge in [-0.05, 0) is 19.8 Å². The Balaban J connectivity index is 1.95. The number of carbonyl (C=O) groups excluding carboxylic acids is 1. The third-order valence-electron chi connectivity index (χ3n) is 3.90. The average Bonchev–Trinajstić information content (AvgIpc) is 3.05. The molecule has 1 aromatic heterocycles. The molecular weight excluding hydrogens is 228 g/mol. The number of nitrogens with zero attached hydrogens (tertiary/aromatic N) is 3. The average molecular weight is 248 g/mol. The molecule has 0 saturated carbocycles. The lowest BCUT2D eigenvalue weighted by Crippen LogP contribution is -2.30. The van der Waals surface area contributed by atoms with E-state index < -0.39 is 0 Å². The van der Waals surface area contributed by atoms with Crippen molar-refractivity contribution in [3.63, 3.8) is 0 Å². The van der Waals surface area contributed by atoms with E-state index in [4.69, 9.17) is 0 Å². The molecule has 0 spiro atoms. The molecule has 1 amide bonds. The molecule has 2 aliphatic rings. The maximum absolute atomic E-state index is 12.5. The number of aryl methyl sites for hydroxylation is 1. The van der Waals surface area contributed by atoms with E-state index >= 15 is 0 Å². The highest BCUT2D eigenvalue weighted by molar-refractivity contribution is 5.94. The second-order valence-corrected chi connectivity index (χ2v) is 5.02. The highest BCUT2D eigenvalue weighted by Crippen LogP contribution is 2.21. The Hall–Kier alpha value is -1.36. The van der Waals surface area contributed by atoms with Crippen LogP contribution in [0.3, 0.4) is 0 Å². The summed E-state index contributed by atoms with van der Waals surface area (Å²) in [5.41, 5.74) is 3.06. The monoisotopic (exact) mass is 248 g/mol. The molecule has 5 nitrogen and oxygen atoms in total. The van der Waals surface area contributed by atoms with Gasteiger partial charge in [0.15, 0.2) is 5.69 Å². The summed E-state index contributed by atoms with van der Waals surface area (Å²) in [4.78, 5) is 14.4. The van der Waals surface area contributed by atoms with Crippen LogP contribution < -0.4 is 5.32 Å². The Morgan fingerprint density at radius 2 is 2.17 bits per heavy atom. The highest BCUT2D eigenvalue weighted by atomic mass is 16.2. The molecule has 0 aromatic carbocycles. The number of amides is 1. The minimum Gasteiger partial charge on any atom is -0.337 e. The molecule has 2 aliphatic heterocycles. The van der Waals surface area contributed by atoms with Crippen LogP contribution >= 0.6 is 0 Å². The van der Waals surface area contributed by atoms with Gasteiger partial charge < -0.3 is 10.2 Å². The topological polar surface area (TPSA) is 50.2 Å². The largest absolute Gasteiger partial charge is 0.337 e. The zero-order chi connectivity index (χ0) is 12.5. The lowest BCUT2D eigenvalue weighted by atomic mass is 10.1. The van der Waals surface area contributed by atoms with Crippen molar-refractivity contribution in [2.45, 2.75) is 39.3 Å². The van der Waals surface area contributed by atoms with Crippen molar-refractivity contribution >= 4 is 5.91 Å². The molecule has 98 valence electrons. The van der Waals surface area contributed by atoms with Crippen molar-refractivity contribution in [3.05, 3.63) is 17.0 Å². The predicted octanol–water partition coefficient (Wildman–Crippen LogP) is 0.785. The van der Waals surface area contributed by atoms with Crippen molar-refractivity contribution in [3.8, 4) is 0 Å². The second kappa shape index (κ2) is 4.72. The number of carbonyl (C=O) groups is 1. The molecule has 0 radical (unpaired) electrons. The van der Waals surface area contributed by atoms with Crippen molar-refractivity contribution in [2.24, 2.45) is 0 Å². The van der Waals surface area contributed by atoms with E-state index in [0.29, 0.717) is 5.69 Å². The molecule has 1 saturated heterocycles. The maximum atomic E-state index is 12.5. The smallest absolute Gasteiger partial charge is 0.274 e. The molecule has 3 rings (SSSR count). The lowest BCUT2D eigenvalue weighted by molar-refractivity contribution is 0.0785. The maximum Gasteiger partial charge on any atom is 0.274 e. The van der Waals surface area contributed by atoms with Gasteiger partial charge in [0.05, 0.1) is 0 Å². The van der Waals surface area contributed by atoms with Gasteiger partial charge in [0.25, 0.3) is 5.91 Å². The Bertz CT molecular complexity index is 460. The first-order valence-electron chi connectivity index (χ1n) is 6.89. The first-order valence-corrected chi connectivity index (χ1v) is 6.89. The van der Waals surface area contributed by atoms with Crippen LogP contribution in [0.1, 0.15) is 41.5 Å². The van der Waals surface area contributed by atoms with Gasteiger partial charge in [-0.25, -0.2) is 0 Å². The van der Waals surface area contributed by atoms with Gasteiger partial charge in [0.1, 0.15) is 0 Å². The Morgan fingerprint density at radius 3 is 2.89 bits per heavy atom. The second-order valence-electron chi connectivity index (χ2n) is 5.02. The van der Waals surface area contributed by atoms with Gasteiger partial charge >= 0.3 is 0 Å². The van der Waals surface area contributed by atoms with Crippen LogP contribution in [0.2, 0.25) is 0 Å². The van der Waals surface area contributed by atoms with Crippen LogP contribution in [0.5, 0.6) is 0 Å². The highest BCUT2D eigenvalue weighted by Gasteiger charge is 2.28. The van der Waals surface area contributed by atoms with E-state index in [0.717, 1.165) is 57.5 Å². The van der Waals surface area contributed by atoms with Crippen LogP contribution in [0.25, 0.3) is 0 Å². The van der Waals surface area contributed by atoms with Crippen LogP contribution in [0.15, 0.2) is 0 Å². The van der Waals surface area contributed by atoms with Crippen LogP contribution in [0.4, 0.5) is 0 Å². The summed E-state index contributed by atoms with van der Waals surface area (Å²) >= 11 is 0. The van der Waals surface area contributed by atoms with E-state index in [1.807, 2.05) is 9.58 Å². The minimum atomic E-state index is 0.125. The molecule has 1 fully saturated rings. The molecule has 18 heavy (non-hydrogen) atoms. The Kier molecular flexibility index (Phi) is 3.07. The molecule has 3 heterocycles. The van der Waals surface area contributed by atoms with Gasteiger partial charge in [-0.3, -0.25) is 9.48 Å². The summed E-state index contributed by atoms with van der Waals surface area (Å²) in [5, 5.41) is 7.88. The molecule has 0 bridgehead atoms. The van der Waals surface area contributed by atoms with Crippen LogP contribution in [-0.4, -0.2) is 40.2 Å². The quantitative estimate of drug-likeness (QED) is 0.841. The zero-order valence-corrected chi connectivity index (χ0v) is 10.9. The fraction of sp³-hybridized carbons (Fsp3) is 0.692. The van der Waals surface area contributed by atoms with E-state index in [1.54, 1.807) is 0 Å². The molecule has 0 unspecified atom stereocenters. The normalized spacial score (nSPS) is 19.1. The van der Waals surface area contributed by atoms with Crippen molar-refractivity contribution in [1.29, 1.82) is 0 Å². The number of rotatable bonds is 2. The lowest BCUT2D eigenvalue weighted by Gasteiger charge is -2.17. The van der Waals surface area contributed by atoms with Crippen molar-refractivity contribution in [1.82, 2.24) is 20.0 Å². The Labute approximate surface area is 107 Å². The van der Waals surface area contributed by atoms with E-state index in [9.17, 15) is 4.79 Å². The number of aromatic nitrogens is 2. The van der Waals surface area contributed by atoms with E-state index in [-0.39, 0.29) is 5.91 Å². The molecular formula is C13H20N4O. The van der Waals surface area contributed by atoms with E-state index in [2.05, 4.69) is 17.3 Å². The zero-order valence-electron chi connectivity index (χ0n) is 10.9. The van der Waals surface area contributed by atoms with Crippen LogP contribution in [-0.2, 0) is 19.5 Å². The summed E-state index contributed by atoms with van der Waals surface area (Å²) in [6.45, 7) is 6.47. The molecule has 1 N–H and O–H groups in total. The fourth-order valence-electron chi connectivity index (χ4n) is 2.92.